The molecule has 0 spiro atoms. The zero-order valence-corrected chi connectivity index (χ0v) is 26.9. The molecule has 0 radical (unpaired) electrons. The molecule has 0 heterocycles. The topological polar surface area (TPSA) is 202 Å². The summed E-state index contributed by atoms with van der Waals surface area (Å²) in [6.07, 6.45) is -1.48. The first-order valence-corrected chi connectivity index (χ1v) is 14.9. The van der Waals surface area contributed by atoms with Crippen LogP contribution in [0.5, 0.6) is 0 Å². The Morgan fingerprint density at radius 1 is 0.591 bits per heavy atom. The molecule has 3 amide bonds. The SMILES string of the molecule is CCCOC(=O)CC[C@H](NC(=O)CC[C@H](NC(=O)OC(C)(C)C)C(=O)N[C@@H](CCC(=O)OCC)C(=O)OCC)C(=O)OCC. The number of carbonyl (C=O) groups is 7. The summed E-state index contributed by atoms with van der Waals surface area (Å²) in [5, 5.41) is 7.36. The molecule has 0 aromatic carbocycles. The van der Waals surface area contributed by atoms with E-state index in [-0.39, 0.29) is 65.0 Å². The first-order chi connectivity index (χ1) is 20.7. The van der Waals surface area contributed by atoms with E-state index in [9.17, 15) is 33.6 Å². The van der Waals surface area contributed by atoms with Crippen LogP contribution in [0.1, 0.15) is 93.4 Å². The minimum absolute atomic E-state index is 0.0162. The zero-order chi connectivity index (χ0) is 33.7. The highest BCUT2D eigenvalue weighted by Gasteiger charge is 2.31. The number of ether oxygens (including phenoxy) is 5. The van der Waals surface area contributed by atoms with E-state index >= 15 is 0 Å². The fourth-order valence-electron chi connectivity index (χ4n) is 3.56. The molecular formula is C29H49N3O12. The lowest BCUT2D eigenvalue weighted by atomic mass is 10.1. The maximum atomic E-state index is 13.3. The van der Waals surface area contributed by atoms with Crippen LogP contribution >= 0.6 is 0 Å². The summed E-state index contributed by atoms with van der Waals surface area (Å²) in [5.41, 5.74) is -0.902. The Bertz CT molecular complexity index is 964. The second kappa shape index (κ2) is 21.7. The summed E-state index contributed by atoms with van der Waals surface area (Å²) in [6.45, 7) is 11.9. The third kappa shape index (κ3) is 18.6. The summed E-state index contributed by atoms with van der Waals surface area (Å²) in [4.78, 5) is 87.3. The predicted octanol–water partition coefficient (Wildman–Crippen LogP) is 1.83. The molecule has 0 bridgehead atoms. The first-order valence-electron chi connectivity index (χ1n) is 14.9. The van der Waals surface area contributed by atoms with Gasteiger partial charge in [-0.05, 0) is 67.2 Å². The van der Waals surface area contributed by atoms with Gasteiger partial charge in [0.1, 0.15) is 23.7 Å². The van der Waals surface area contributed by atoms with Gasteiger partial charge in [0.05, 0.1) is 26.4 Å². The van der Waals surface area contributed by atoms with E-state index in [1.807, 2.05) is 6.92 Å². The Labute approximate surface area is 258 Å². The van der Waals surface area contributed by atoms with Gasteiger partial charge in [-0.3, -0.25) is 19.2 Å². The maximum Gasteiger partial charge on any atom is 0.408 e. The van der Waals surface area contributed by atoms with E-state index in [2.05, 4.69) is 16.0 Å². The third-order valence-corrected chi connectivity index (χ3v) is 5.51. The van der Waals surface area contributed by atoms with Crippen molar-refractivity contribution in [3.8, 4) is 0 Å². The Morgan fingerprint density at radius 2 is 1.07 bits per heavy atom. The third-order valence-electron chi connectivity index (χ3n) is 5.51. The average Bonchev–Trinajstić information content (AvgIpc) is 2.93. The van der Waals surface area contributed by atoms with Gasteiger partial charge in [0.25, 0.3) is 0 Å². The highest BCUT2D eigenvalue weighted by atomic mass is 16.6. The minimum Gasteiger partial charge on any atom is -0.466 e. The second-order valence-corrected chi connectivity index (χ2v) is 10.5. The van der Waals surface area contributed by atoms with E-state index in [1.54, 1.807) is 41.5 Å². The molecule has 0 aromatic heterocycles. The van der Waals surface area contributed by atoms with Crippen molar-refractivity contribution >= 4 is 41.8 Å². The number of amides is 3. The monoisotopic (exact) mass is 631 g/mol. The molecule has 0 aliphatic rings. The van der Waals surface area contributed by atoms with Crippen LogP contribution in [-0.4, -0.2) is 91.9 Å². The molecule has 0 fully saturated rings. The Morgan fingerprint density at radius 3 is 1.55 bits per heavy atom. The summed E-state index contributed by atoms with van der Waals surface area (Å²) in [6, 6.07) is -3.76. The van der Waals surface area contributed by atoms with Gasteiger partial charge in [-0.2, -0.15) is 0 Å². The fourth-order valence-corrected chi connectivity index (χ4v) is 3.56. The lowest BCUT2D eigenvalue weighted by Crippen LogP contribution is -2.53. The maximum absolute atomic E-state index is 13.3. The van der Waals surface area contributed by atoms with Crippen LogP contribution in [-0.2, 0) is 52.5 Å². The van der Waals surface area contributed by atoms with Crippen LogP contribution in [0, 0.1) is 0 Å². The summed E-state index contributed by atoms with van der Waals surface area (Å²) in [7, 11) is 0. The molecular weight excluding hydrogens is 582 g/mol. The van der Waals surface area contributed by atoms with Crippen LogP contribution in [0.2, 0.25) is 0 Å². The second-order valence-electron chi connectivity index (χ2n) is 10.5. The van der Waals surface area contributed by atoms with Gasteiger partial charge in [-0.1, -0.05) is 6.92 Å². The van der Waals surface area contributed by atoms with Crippen molar-refractivity contribution in [1.29, 1.82) is 0 Å². The summed E-state index contributed by atoms with van der Waals surface area (Å²) in [5.74, 6) is -4.17. The molecule has 0 unspecified atom stereocenters. The van der Waals surface area contributed by atoms with Gasteiger partial charge in [0.15, 0.2) is 0 Å². The van der Waals surface area contributed by atoms with Gasteiger partial charge in [-0.15, -0.1) is 0 Å². The highest BCUT2D eigenvalue weighted by Crippen LogP contribution is 2.10. The molecule has 0 saturated heterocycles. The highest BCUT2D eigenvalue weighted by molar-refractivity contribution is 5.91. The number of nitrogens with one attached hydrogen (secondary N) is 3. The smallest absolute Gasteiger partial charge is 0.408 e. The van der Waals surface area contributed by atoms with Crippen molar-refractivity contribution in [1.82, 2.24) is 16.0 Å². The molecule has 252 valence electrons. The number of hydrogen-bond donors (Lipinski definition) is 3. The van der Waals surface area contributed by atoms with Crippen LogP contribution in [0.25, 0.3) is 0 Å². The van der Waals surface area contributed by atoms with Gasteiger partial charge in [0, 0.05) is 19.3 Å². The van der Waals surface area contributed by atoms with E-state index in [1.165, 1.54) is 0 Å². The van der Waals surface area contributed by atoms with Gasteiger partial charge in [-0.25, -0.2) is 14.4 Å². The molecule has 0 aliphatic heterocycles. The van der Waals surface area contributed by atoms with Crippen LogP contribution in [0.4, 0.5) is 4.79 Å². The molecule has 15 heteroatoms. The van der Waals surface area contributed by atoms with Crippen molar-refractivity contribution in [2.75, 3.05) is 26.4 Å². The van der Waals surface area contributed by atoms with Crippen LogP contribution < -0.4 is 16.0 Å². The van der Waals surface area contributed by atoms with Gasteiger partial charge < -0.3 is 39.6 Å². The van der Waals surface area contributed by atoms with Gasteiger partial charge in [0.2, 0.25) is 11.8 Å². The standard InChI is InChI=1S/C29H49N3O12/c1-8-18-43-24(35)17-13-20(26(37)41-10-3)30-22(33)15-12-19(32-28(39)44-29(5,6)7)25(36)31-21(27(38)42-11-4)14-16-23(34)40-9-2/h19-21H,8-18H2,1-7H3,(H,30,33)(H,31,36)(H,32,39)/t19-,20-,21-/m0/s1. The Balaban J connectivity index is 5.69. The molecule has 0 saturated carbocycles. The summed E-state index contributed by atoms with van der Waals surface area (Å²) >= 11 is 0. The first kappa shape index (κ1) is 40.1. The number of esters is 4. The van der Waals surface area contributed by atoms with E-state index in [4.69, 9.17) is 23.7 Å². The van der Waals surface area contributed by atoms with Crippen molar-refractivity contribution in [3.05, 3.63) is 0 Å². The molecule has 3 N–H and O–H groups in total. The molecule has 0 aliphatic carbocycles. The number of alkyl carbamates (subject to hydrolysis) is 1. The van der Waals surface area contributed by atoms with E-state index in [0.717, 1.165) is 0 Å². The van der Waals surface area contributed by atoms with Crippen molar-refractivity contribution in [2.24, 2.45) is 0 Å². The normalized spacial score (nSPS) is 12.9. The fraction of sp³-hybridized carbons (Fsp3) is 0.759. The predicted molar refractivity (Wildman–Crippen MR) is 156 cm³/mol. The quantitative estimate of drug-likeness (QED) is 0.130. The minimum atomic E-state index is -1.36. The number of hydrogen-bond acceptors (Lipinski definition) is 12. The lowest BCUT2D eigenvalue weighted by Gasteiger charge is -2.25. The number of carbonyl (C=O) groups excluding carboxylic acids is 7. The number of rotatable bonds is 20. The van der Waals surface area contributed by atoms with Crippen molar-refractivity contribution < 1.29 is 57.2 Å². The lowest BCUT2D eigenvalue weighted by molar-refractivity contribution is -0.149. The van der Waals surface area contributed by atoms with E-state index in [0.29, 0.717) is 6.42 Å². The van der Waals surface area contributed by atoms with Crippen molar-refractivity contribution in [2.45, 2.75) is 117 Å². The average molecular weight is 632 g/mol. The van der Waals surface area contributed by atoms with E-state index < -0.39 is 65.5 Å². The Hall–Kier alpha value is -3.91. The molecule has 0 aromatic rings. The molecule has 44 heavy (non-hydrogen) atoms. The zero-order valence-electron chi connectivity index (χ0n) is 26.9. The van der Waals surface area contributed by atoms with Crippen molar-refractivity contribution in [3.63, 3.8) is 0 Å². The van der Waals surface area contributed by atoms with Gasteiger partial charge >= 0.3 is 30.0 Å². The Kier molecular flexibility index (Phi) is 19.8. The summed E-state index contributed by atoms with van der Waals surface area (Å²) < 4.78 is 25.1. The molecule has 3 atom stereocenters. The van der Waals surface area contributed by atoms with Crippen LogP contribution in [0.3, 0.4) is 0 Å². The molecule has 15 nitrogen and oxygen atoms in total. The molecule has 0 rings (SSSR count). The largest absolute Gasteiger partial charge is 0.466 e. The van der Waals surface area contributed by atoms with Crippen LogP contribution in [0.15, 0.2) is 0 Å².